The second-order valence-corrected chi connectivity index (χ2v) is 5.79. The first-order valence-electron chi connectivity index (χ1n) is 7.79. The number of benzene rings is 1. The van der Waals surface area contributed by atoms with Crippen LogP contribution in [0.5, 0.6) is 0 Å². The lowest BCUT2D eigenvalue weighted by atomic mass is 10.2. The van der Waals surface area contributed by atoms with E-state index in [1.54, 1.807) is 32.3 Å². The third-order valence-corrected chi connectivity index (χ3v) is 4.12. The molecule has 0 bridgehead atoms. The molecule has 0 saturated heterocycles. The topological polar surface area (TPSA) is 79.1 Å². The van der Waals surface area contributed by atoms with Crippen LogP contribution in [0.25, 0.3) is 16.8 Å². The zero-order valence-corrected chi connectivity index (χ0v) is 13.7. The molecule has 0 N–H and O–H groups in total. The third kappa shape index (κ3) is 2.27. The van der Waals surface area contributed by atoms with Crippen molar-refractivity contribution in [1.82, 2.24) is 28.5 Å². The molecule has 3 aromatic heterocycles. The minimum Gasteiger partial charge on any atom is -0.273 e. The summed E-state index contributed by atoms with van der Waals surface area (Å²) in [7, 11) is 1.69. The normalized spacial score (nSPS) is 11.6. The van der Waals surface area contributed by atoms with Crippen LogP contribution < -0.4 is 11.2 Å². The maximum atomic E-state index is 13.1. The minimum absolute atomic E-state index is 0.162. The average Bonchev–Trinajstić information content (AvgIpc) is 3.13. The Balaban J connectivity index is 2.07. The highest BCUT2D eigenvalue weighted by Gasteiger charge is 2.19. The summed E-state index contributed by atoms with van der Waals surface area (Å²) in [5, 5.41) is 8.47. The number of nitrogens with zero attached hydrogens (tertiary/aromatic N) is 6. The highest BCUT2D eigenvalue weighted by molar-refractivity contribution is 5.75. The minimum atomic E-state index is -0.354. The number of hydrogen-bond acceptors (Lipinski definition) is 4. The maximum Gasteiger partial charge on any atom is 0.352 e. The van der Waals surface area contributed by atoms with Crippen molar-refractivity contribution in [2.45, 2.75) is 20.0 Å². The van der Waals surface area contributed by atoms with Gasteiger partial charge in [0.1, 0.15) is 11.3 Å². The van der Waals surface area contributed by atoms with E-state index < -0.39 is 0 Å². The van der Waals surface area contributed by atoms with E-state index in [-0.39, 0.29) is 34.9 Å². The monoisotopic (exact) mass is 342 g/mol. The van der Waals surface area contributed by atoms with E-state index in [1.165, 1.54) is 30.5 Å². The van der Waals surface area contributed by atoms with Gasteiger partial charge >= 0.3 is 5.69 Å². The number of fused-ring (bicyclic) bond motifs is 3. The summed E-state index contributed by atoms with van der Waals surface area (Å²) in [6, 6.07) is 5.84. The molecule has 0 unspecified atom stereocenters. The Kier molecular flexibility index (Phi) is 3.31. The predicted octanol–water partition coefficient (Wildman–Crippen LogP) is 0.752. The summed E-state index contributed by atoms with van der Waals surface area (Å²) < 4.78 is 18.7. The van der Waals surface area contributed by atoms with Crippen LogP contribution >= 0.6 is 0 Å². The summed E-state index contributed by atoms with van der Waals surface area (Å²) in [5.41, 5.74) is 0.653. The molecule has 128 valence electrons. The molecule has 8 nitrogen and oxygen atoms in total. The summed E-state index contributed by atoms with van der Waals surface area (Å²) >= 11 is 0. The summed E-state index contributed by atoms with van der Waals surface area (Å²) in [6.07, 6.45) is 1.62. The fraction of sp³-hybridized carbons (Fsp3) is 0.250. The number of aryl methyl sites for hydroxylation is 2. The first-order valence-corrected chi connectivity index (χ1v) is 7.79. The van der Waals surface area contributed by atoms with Crippen molar-refractivity contribution in [3.63, 3.8) is 0 Å². The fourth-order valence-electron chi connectivity index (χ4n) is 2.91. The molecule has 0 aliphatic heterocycles. The smallest absolute Gasteiger partial charge is 0.273 e. The molecule has 9 heteroatoms. The van der Waals surface area contributed by atoms with Crippen molar-refractivity contribution < 1.29 is 4.39 Å². The average molecular weight is 342 g/mol. The maximum absolute atomic E-state index is 13.1. The van der Waals surface area contributed by atoms with Crippen LogP contribution in [0.1, 0.15) is 12.5 Å². The summed E-state index contributed by atoms with van der Waals surface area (Å²) in [5.74, 6) is -0.116. The van der Waals surface area contributed by atoms with Crippen molar-refractivity contribution in [3.8, 4) is 0 Å². The molecule has 0 atom stereocenters. The zero-order chi connectivity index (χ0) is 17.7. The van der Waals surface area contributed by atoms with E-state index in [9.17, 15) is 14.0 Å². The standard InChI is InChI=1S/C16H15FN6O2/c1-3-22-16(25)23-12-9-20(2)18-13(12)14(24)21(15(23)19-22)8-10-4-6-11(17)7-5-10/h4-7,9H,3,8H2,1-2H3. The molecule has 0 radical (unpaired) electrons. The molecule has 0 saturated carbocycles. The molecular formula is C16H15FN6O2. The molecule has 0 fully saturated rings. The van der Waals surface area contributed by atoms with Crippen LogP contribution in [-0.4, -0.2) is 28.5 Å². The van der Waals surface area contributed by atoms with Crippen LogP contribution in [0.15, 0.2) is 40.1 Å². The third-order valence-electron chi connectivity index (χ3n) is 4.12. The van der Waals surface area contributed by atoms with Gasteiger partial charge in [-0.1, -0.05) is 12.1 Å². The van der Waals surface area contributed by atoms with Crippen LogP contribution in [0.3, 0.4) is 0 Å². The number of rotatable bonds is 3. The van der Waals surface area contributed by atoms with Crippen molar-refractivity contribution in [2.75, 3.05) is 0 Å². The van der Waals surface area contributed by atoms with E-state index in [0.29, 0.717) is 12.1 Å². The quantitative estimate of drug-likeness (QED) is 0.550. The Morgan fingerprint density at radius 2 is 1.84 bits per heavy atom. The van der Waals surface area contributed by atoms with Gasteiger partial charge in [0.2, 0.25) is 5.78 Å². The van der Waals surface area contributed by atoms with Gasteiger partial charge in [0.15, 0.2) is 5.52 Å². The molecule has 4 aromatic rings. The zero-order valence-electron chi connectivity index (χ0n) is 13.7. The lowest BCUT2D eigenvalue weighted by Crippen LogP contribution is -2.26. The van der Waals surface area contributed by atoms with Crippen molar-refractivity contribution >= 4 is 16.8 Å². The van der Waals surface area contributed by atoms with Crippen molar-refractivity contribution in [3.05, 3.63) is 62.7 Å². The Hall–Kier alpha value is -3.23. The van der Waals surface area contributed by atoms with E-state index in [4.69, 9.17) is 0 Å². The van der Waals surface area contributed by atoms with Crippen LogP contribution in [0.2, 0.25) is 0 Å². The fourth-order valence-corrected chi connectivity index (χ4v) is 2.91. The number of aromatic nitrogens is 6. The van der Waals surface area contributed by atoms with Gasteiger partial charge in [0, 0.05) is 19.8 Å². The molecule has 1 aromatic carbocycles. The van der Waals surface area contributed by atoms with E-state index in [1.807, 2.05) is 0 Å². The molecule has 25 heavy (non-hydrogen) atoms. The largest absolute Gasteiger partial charge is 0.352 e. The van der Waals surface area contributed by atoms with Gasteiger partial charge in [0.05, 0.1) is 6.54 Å². The summed E-state index contributed by atoms with van der Waals surface area (Å²) in [6.45, 7) is 2.35. The highest BCUT2D eigenvalue weighted by Crippen LogP contribution is 2.11. The Labute approximate surface area is 140 Å². The van der Waals surface area contributed by atoms with E-state index in [2.05, 4.69) is 10.2 Å². The molecular weight excluding hydrogens is 327 g/mol. The SMILES string of the molecule is CCn1nc2n(Cc3ccc(F)cc3)c(=O)c3nn(C)cc3n2c1=O. The van der Waals surface area contributed by atoms with E-state index in [0.717, 1.165) is 5.56 Å². The predicted molar refractivity (Wildman–Crippen MR) is 89.2 cm³/mol. The number of hydrogen-bond donors (Lipinski definition) is 0. The second-order valence-electron chi connectivity index (χ2n) is 5.79. The molecule has 0 aliphatic rings. The van der Waals surface area contributed by atoms with Gasteiger partial charge in [-0.3, -0.25) is 14.0 Å². The molecule has 0 spiro atoms. The molecule has 3 heterocycles. The van der Waals surface area contributed by atoms with Gasteiger partial charge in [-0.15, -0.1) is 5.10 Å². The second kappa shape index (κ2) is 5.40. The van der Waals surface area contributed by atoms with Gasteiger partial charge < -0.3 is 0 Å². The van der Waals surface area contributed by atoms with E-state index >= 15 is 0 Å². The van der Waals surface area contributed by atoms with Crippen LogP contribution in [0, 0.1) is 5.82 Å². The van der Waals surface area contributed by atoms with Crippen molar-refractivity contribution in [2.24, 2.45) is 7.05 Å². The first kappa shape index (κ1) is 15.3. The molecule has 4 rings (SSSR count). The number of halogens is 1. The van der Waals surface area contributed by atoms with Crippen LogP contribution in [0.4, 0.5) is 4.39 Å². The van der Waals surface area contributed by atoms with Gasteiger partial charge in [-0.25, -0.2) is 18.3 Å². The van der Waals surface area contributed by atoms with Crippen LogP contribution in [-0.2, 0) is 20.1 Å². The van der Waals surface area contributed by atoms with Gasteiger partial charge in [-0.05, 0) is 24.6 Å². The molecule has 0 amide bonds. The Morgan fingerprint density at radius 1 is 1.12 bits per heavy atom. The Bertz CT molecular complexity index is 1210. The first-order chi connectivity index (χ1) is 12.0. The lowest BCUT2D eigenvalue weighted by Gasteiger charge is -2.07. The Morgan fingerprint density at radius 3 is 2.52 bits per heavy atom. The highest BCUT2D eigenvalue weighted by atomic mass is 19.1. The van der Waals surface area contributed by atoms with Gasteiger partial charge in [-0.2, -0.15) is 5.10 Å². The van der Waals surface area contributed by atoms with Gasteiger partial charge in [0.25, 0.3) is 5.56 Å². The van der Waals surface area contributed by atoms with Crippen molar-refractivity contribution in [1.29, 1.82) is 0 Å². The molecule has 0 aliphatic carbocycles. The summed E-state index contributed by atoms with van der Waals surface area (Å²) in [4.78, 5) is 25.5. The lowest BCUT2D eigenvalue weighted by molar-refractivity contribution is 0.625.